The van der Waals surface area contributed by atoms with Crippen LogP contribution in [0.1, 0.15) is 10.4 Å². The smallest absolute Gasteiger partial charge is 0.475 e. The zero-order valence-corrected chi connectivity index (χ0v) is 22.6. The number of nitrogens with zero attached hydrogens (tertiary/aromatic N) is 2. The number of thioether (sulfide) groups is 1. The summed E-state index contributed by atoms with van der Waals surface area (Å²) in [5.41, 5.74) is 5.97. The lowest BCUT2D eigenvalue weighted by molar-refractivity contribution is -0.192. The minimum Gasteiger partial charge on any atom is -0.475 e. The molecule has 0 aliphatic carbocycles. The summed E-state index contributed by atoms with van der Waals surface area (Å²) in [7, 11) is -4.03. The molecule has 208 valence electrons. The predicted molar refractivity (Wildman–Crippen MR) is 136 cm³/mol. The third kappa shape index (κ3) is 6.51. The standard InChI is InChI=1S/C20H15ClF2N4O2S3.C2HF3O2/c1-30-20-17(7-16(31-20)19(24)25)32(28,29)10-5-12(21)18-15(6-10)27(9-26-18)8-11-13(22)3-2-4-14(11)23;3-2(4,5)1(6)7/h2-7,9H,8H2,1H3,(H3,24,25);(H,6,7). The summed E-state index contributed by atoms with van der Waals surface area (Å²) in [6, 6.07) is 7.58. The van der Waals surface area contributed by atoms with Crippen LogP contribution in [0.2, 0.25) is 5.02 Å². The summed E-state index contributed by atoms with van der Waals surface area (Å²) in [6.07, 6.45) is -2.01. The van der Waals surface area contributed by atoms with Crippen LogP contribution in [0.25, 0.3) is 11.0 Å². The molecule has 0 unspecified atom stereocenters. The summed E-state index contributed by atoms with van der Waals surface area (Å²) in [6.45, 7) is -0.197. The first kappa shape index (κ1) is 30.3. The molecule has 2 aromatic carbocycles. The number of carboxylic acid groups (broad SMARTS) is 1. The Kier molecular flexibility index (Phi) is 8.94. The number of hydrogen-bond donors (Lipinski definition) is 3. The van der Waals surface area contributed by atoms with Crippen LogP contribution in [0.4, 0.5) is 22.0 Å². The molecule has 0 fully saturated rings. The van der Waals surface area contributed by atoms with Crippen molar-refractivity contribution in [2.75, 3.05) is 6.26 Å². The van der Waals surface area contributed by atoms with Crippen LogP contribution in [-0.2, 0) is 21.2 Å². The molecule has 0 radical (unpaired) electrons. The Morgan fingerprint density at radius 1 is 1.23 bits per heavy atom. The van der Waals surface area contributed by atoms with Crippen LogP contribution in [0.5, 0.6) is 0 Å². The van der Waals surface area contributed by atoms with Gasteiger partial charge in [-0.05, 0) is 36.6 Å². The Labute approximate surface area is 230 Å². The van der Waals surface area contributed by atoms with Gasteiger partial charge in [0.2, 0.25) is 9.84 Å². The molecule has 8 nitrogen and oxygen atoms in total. The monoisotopic (exact) mass is 626 g/mol. The van der Waals surface area contributed by atoms with Crippen LogP contribution >= 0.6 is 34.7 Å². The van der Waals surface area contributed by atoms with Crippen molar-refractivity contribution < 1.29 is 40.3 Å². The molecular formula is C22H16ClF5N4O4S3. The molecule has 0 saturated heterocycles. The maximum Gasteiger partial charge on any atom is 0.490 e. The molecule has 2 aromatic heterocycles. The molecule has 0 aliphatic heterocycles. The zero-order valence-electron chi connectivity index (χ0n) is 19.4. The molecule has 0 amide bonds. The van der Waals surface area contributed by atoms with E-state index in [1.807, 2.05) is 0 Å². The molecule has 4 rings (SSSR count). The molecule has 4 N–H and O–H groups in total. The van der Waals surface area contributed by atoms with Gasteiger partial charge in [0.15, 0.2) is 0 Å². The van der Waals surface area contributed by atoms with Crippen molar-refractivity contribution in [1.29, 1.82) is 5.41 Å². The van der Waals surface area contributed by atoms with E-state index < -0.39 is 33.6 Å². The number of thiophene rings is 1. The molecule has 17 heteroatoms. The topological polar surface area (TPSA) is 139 Å². The maximum absolute atomic E-state index is 14.1. The molecule has 0 aliphatic rings. The fourth-order valence-electron chi connectivity index (χ4n) is 3.18. The molecule has 4 aromatic rings. The molecule has 39 heavy (non-hydrogen) atoms. The average Bonchev–Trinajstić information content (AvgIpc) is 3.46. The number of aromatic nitrogens is 2. The second-order valence-corrected chi connectivity index (χ2v) is 12.0. The number of sulfone groups is 1. The Morgan fingerprint density at radius 2 is 1.82 bits per heavy atom. The van der Waals surface area contributed by atoms with Gasteiger partial charge in [0.1, 0.15) is 23.0 Å². The minimum atomic E-state index is -5.08. The lowest BCUT2D eigenvalue weighted by atomic mass is 10.2. The average molecular weight is 627 g/mol. The number of hydrogen-bond acceptors (Lipinski definition) is 7. The van der Waals surface area contributed by atoms with Gasteiger partial charge in [0.25, 0.3) is 0 Å². The van der Waals surface area contributed by atoms with Crippen molar-refractivity contribution in [2.45, 2.75) is 26.7 Å². The summed E-state index contributed by atoms with van der Waals surface area (Å²) in [5, 5.41) is 14.8. The van der Waals surface area contributed by atoms with E-state index in [1.54, 1.807) is 6.26 Å². The van der Waals surface area contributed by atoms with Crippen LogP contribution < -0.4 is 5.73 Å². The Hall–Kier alpha value is -3.21. The summed E-state index contributed by atoms with van der Waals surface area (Å²) >= 11 is 8.65. The summed E-state index contributed by atoms with van der Waals surface area (Å²) in [5.74, 6) is -4.43. The number of benzene rings is 2. The van der Waals surface area contributed by atoms with Gasteiger partial charge in [-0.15, -0.1) is 23.1 Å². The number of amidine groups is 1. The van der Waals surface area contributed by atoms with E-state index >= 15 is 0 Å². The van der Waals surface area contributed by atoms with Gasteiger partial charge in [-0.2, -0.15) is 13.2 Å². The SMILES string of the molecule is CSc1sc(C(=N)N)cc1S(=O)(=O)c1cc(Cl)c2ncn(Cc3c(F)cccc3F)c2c1.O=C(O)C(F)(F)F. The van der Waals surface area contributed by atoms with E-state index in [4.69, 9.17) is 32.6 Å². The van der Waals surface area contributed by atoms with Gasteiger partial charge in [0.05, 0.1) is 42.3 Å². The Balaban J connectivity index is 0.000000532. The second kappa shape index (κ2) is 11.5. The molecule has 0 bridgehead atoms. The number of nitrogen functional groups attached to an aromatic ring is 1. The second-order valence-electron chi connectivity index (χ2n) is 7.53. The predicted octanol–water partition coefficient (Wildman–Crippen LogP) is 5.55. The van der Waals surface area contributed by atoms with E-state index in [1.165, 1.54) is 46.9 Å². The van der Waals surface area contributed by atoms with Crippen molar-refractivity contribution in [2.24, 2.45) is 5.73 Å². The largest absolute Gasteiger partial charge is 0.490 e. The van der Waals surface area contributed by atoms with Crippen LogP contribution in [0.15, 0.2) is 56.7 Å². The van der Waals surface area contributed by atoms with Crippen LogP contribution in [-0.4, -0.2) is 47.3 Å². The first-order valence-corrected chi connectivity index (χ1v) is 14.1. The van der Waals surface area contributed by atoms with E-state index in [0.717, 1.165) is 23.5 Å². The number of nitrogens with two attached hydrogens (primary N) is 1. The van der Waals surface area contributed by atoms with E-state index in [-0.39, 0.29) is 32.8 Å². The highest BCUT2D eigenvalue weighted by Crippen LogP contribution is 2.38. The van der Waals surface area contributed by atoms with Gasteiger partial charge in [-0.3, -0.25) is 5.41 Å². The fourth-order valence-corrected chi connectivity index (χ4v) is 7.41. The Morgan fingerprint density at radius 3 is 2.33 bits per heavy atom. The molecule has 0 saturated carbocycles. The quantitative estimate of drug-likeness (QED) is 0.110. The first-order chi connectivity index (χ1) is 18.1. The number of halogens is 6. The molecule has 0 spiro atoms. The maximum atomic E-state index is 14.1. The molecule has 0 atom stereocenters. The van der Waals surface area contributed by atoms with E-state index in [0.29, 0.717) is 20.1 Å². The van der Waals surface area contributed by atoms with Crippen molar-refractivity contribution >= 4 is 67.4 Å². The number of carbonyl (C=O) groups is 1. The van der Waals surface area contributed by atoms with Gasteiger partial charge in [0, 0.05) is 5.56 Å². The van der Waals surface area contributed by atoms with Gasteiger partial charge < -0.3 is 15.4 Å². The lowest BCUT2D eigenvalue weighted by Gasteiger charge is -2.10. The van der Waals surface area contributed by atoms with E-state index in [9.17, 15) is 30.4 Å². The highest BCUT2D eigenvalue weighted by Gasteiger charge is 2.38. The number of aliphatic carboxylic acids is 1. The van der Waals surface area contributed by atoms with Crippen LogP contribution in [0, 0.1) is 17.0 Å². The van der Waals surface area contributed by atoms with Crippen molar-refractivity contribution in [3.63, 3.8) is 0 Å². The van der Waals surface area contributed by atoms with Crippen molar-refractivity contribution in [3.05, 3.63) is 69.8 Å². The highest BCUT2D eigenvalue weighted by molar-refractivity contribution is 8.01. The van der Waals surface area contributed by atoms with Crippen molar-refractivity contribution in [3.8, 4) is 0 Å². The third-order valence-corrected chi connectivity index (χ3v) is 9.61. The van der Waals surface area contributed by atoms with Crippen molar-refractivity contribution in [1.82, 2.24) is 9.55 Å². The number of rotatable bonds is 6. The number of imidazole rings is 1. The normalized spacial score (nSPS) is 11.8. The number of fused-ring (bicyclic) bond motifs is 1. The molecular weight excluding hydrogens is 611 g/mol. The number of alkyl halides is 3. The lowest BCUT2D eigenvalue weighted by Crippen LogP contribution is -2.21. The van der Waals surface area contributed by atoms with Gasteiger partial charge in [-0.1, -0.05) is 17.7 Å². The van der Waals surface area contributed by atoms with E-state index in [2.05, 4.69) is 4.98 Å². The highest BCUT2D eigenvalue weighted by atomic mass is 35.5. The molecule has 2 heterocycles. The number of carboxylic acids is 1. The fraction of sp³-hybridized carbons (Fsp3) is 0.136. The van der Waals surface area contributed by atoms with Gasteiger partial charge >= 0.3 is 12.1 Å². The third-order valence-electron chi connectivity index (χ3n) is 5.00. The summed E-state index contributed by atoms with van der Waals surface area (Å²) in [4.78, 5) is 13.3. The zero-order chi connectivity index (χ0) is 29.3. The van der Waals surface area contributed by atoms with Gasteiger partial charge in [-0.25, -0.2) is 27.0 Å². The summed E-state index contributed by atoms with van der Waals surface area (Å²) < 4.78 is 88.8. The first-order valence-electron chi connectivity index (χ1n) is 10.2. The Bertz CT molecular complexity index is 1670. The minimum absolute atomic E-state index is 0.0156. The number of nitrogens with one attached hydrogen (secondary N) is 1. The van der Waals surface area contributed by atoms with Crippen LogP contribution in [0.3, 0.4) is 0 Å².